The number of amides is 3. The molecule has 2 saturated heterocycles. The minimum absolute atomic E-state index is 0.0316. The lowest BCUT2D eigenvalue weighted by molar-refractivity contribution is -0.128. The van der Waals surface area contributed by atoms with Crippen molar-refractivity contribution in [2.24, 2.45) is 5.92 Å². The molecule has 0 saturated carbocycles. The van der Waals surface area contributed by atoms with Gasteiger partial charge in [-0.2, -0.15) is 0 Å². The first-order chi connectivity index (χ1) is 16.8. The number of benzene rings is 1. The van der Waals surface area contributed by atoms with E-state index in [0.717, 1.165) is 57.0 Å². The van der Waals surface area contributed by atoms with Crippen LogP contribution in [0.3, 0.4) is 0 Å². The maximum Gasteiger partial charge on any atom is 0.325 e. The van der Waals surface area contributed by atoms with Gasteiger partial charge in [-0.1, -0.05) is 25.4 Å². The number of imide groups is 1. The highest BCUT2D eigenvalue weighted by Crippen LogP contribution is 2.37. The van der Waals surface area contributed by atoms with E-state index < -0.39 is 6.04 Å². The van der Waals surface area contributed by atoms with E-state index in [-0.39, 0.29) is 30.5 Å². The van der Waals surface area contributed by atoms with Gasteiger partial charge >= 0.3 is 6.03 Å². The summed E-state index contributed by atoms with van der Waals surface area (Å²) in [6.07, 6.45) is 2.37. The Bertz CT molecular complexity index is 1290. The lowest BCUT2D eigenvalue weighted by Gasteiger charge is -2.25. The lowest BCUT2D eigenvalue weighted by atomic mass is 9.94. The molecule has 0 bridgehead atoms. The standard InChI is InChI=1S/C25H28ClN5O3S/c1-13(2)21-24(32)31(25(33)30-21)11-17-9-20-23(35-17)22(29-12-28-20)19-7-15(26)6-14(3)18(19)8-16-10-27-4-5-34-16/h6-7,9,12-13,16,21,27H,4-5,8,10-11H2,1-3H3,(H,30,33). The average molecular weight is 514 g/mol. The Morgan fingerprint density at radius 1 is 1.26 bits per heavy atom. The van der Waals surface area contributed by atoms with Crippen molar-refractivity contribution in [3.05, 3.63) is 45.6 Å². The zero-order chi connectivity index (χ0) is 24.7. The minimum Gasteiger partial charge on any atom is -0.375 e. The van der Waals surface area contributed by atoms with Crippen molar-refractivity contribution >= 4 is 45.1 Å². The molecule has 2 fully saturated rings. The van der Waals surface area contributed by atoms with Crippen molar-refractivity contribution in [1.29, 1.82) is 0 Å². The summed E-state index contributed by atoms with van der Waals surface area (Å²) in [7, 11) is 0. The van der Waals surface area contributed by atoms with Gasteiger partial charge in [-0.3, -0.25) is 9.69 Å². The third-order valence-corrected chi connectivity index (χ3v) is 7.86. The molecule has 2 N–H and O–H groups in total. The van der Waals surface area contributed by atoms with E-state index in [2.05, 4.69) is 27.5 Å². The molecule has 4 heterocycles. The summed E-state index contributed by atoms with van der Waals surface area (Å²) >= 11 is 7.98. The molecule has 35 heavy (non-hydrogen) atoms. The van der Waals surface area contributed by atoms with Gasteiger partial charge in [0, 0.05) is 35.0 Å². The van der Waals surface area contributed by atoms with E-state index >= 15 is 0 Å². The van der Waals surface area contributed by atoms with Crippen LogP contribution >= 0.6 is 22.9 Å². The number of hydrogen-bond donors (Lipinski definition) is 2. The normalized spacial score (nSPS) is 20.8. The fourth-order valence-electron chi connectivity index (χ4n) is 4.71. The fourth-order valence-corrected chi connectivity index (χ4v) is 6.08. The highest BCUT2D eigenvalue weighted by atomic mass is 35.5. The quantitative estimate of drug-likeness (QED) is 0.485. The minimum atomic E-state index is -0.485. The number of rotatable bonds is 6. The maximum absolute atomic E-state index is 12.8. The van der Waals surface area contributed by atoms with Crippen molar-refractivity contribution in [1.82, 2.24) is 25.5 Å². The molecule has 0 radical (unpaired) electrons. The largest absolute Gasteiger partial charge is 0.375 e. The van der Waals surface area contributed by atoms with E-state index in [1.165, 1.54) is 16.2 Å². The molecular weight excluding hydrogens is 486 g/mol. The van der Waals surface area contributed by atoms with Crippen LogP contribution in [0.5, 0.6) is 0 Å². The van der Waals surface area contributed by atoms with Crippen LogP contribution in [0.15, 0.2) is 24.5 Å². The summed E-state index contributed by atoms with van der Waals surface area (Å²) in [6.45, 7) is 8.47. The maximum atomic E-state index is 12.8. The van der Waals surface area contributed by atoms with Gasteiger partial charge in [0.15, 0.2) is 0 Å². The van der Waals surface area contributed by atoms with Crippen LogP contribution in [-0.4, -0.2) is 58.6 Å². The Morgan fingerprint density at radius 3 is 2.80 bits per heavy atom. The van der Waals surface area contributed by atoms with Gasteiger partial charge in [-0.05, 0) is 42.2 Å². The Labute approximate surface area is 213 Å². The number of aromatic nitrogens is 2. The molecule has 0 spiro atoms. The van der Waals surface area contributed by atoms with Gasteiger partial charge in [-0.25, -0.2) is 14.8 Å². The molecule has 3 amide bonds. The summed E-state index contributed by atoms with van der Waals surface area (Å²) < 4.78 is 6.87. The molecule has 10 heteroatoms. The number of aryl methyl sites for hydroxylation is 1. The highest BCUT2D eigenvalue weighted by Gasteiger charge is 2.39. The Balaban J connectivity index is 1.51. The zero-order valence-corrected chi connectivity index (χ0v) is 21.5. The van der Waals surface area contributed by atoms with Crippen LogP contribution in [-0.2, 0) is 22.5 Å². The van der Waals surface area contributed by atoms with Crippen LogP contribution in [0.25, 0.3) is 21.5 Å². The molecule has 2 aliphatic heterocycles. The first-order valence-electron chi connectivity index (χ1n) is 11.8. The van der Waals surface area contributed by atoms with Crippen LogP contribution in [0.4, 0.5) is 4.79 Å². The number of nitrogens with one attached hydrogen (secondary N) is 2. The van der Waals surface area contributed by atoms with Gasteiger partial charge in [0.25, 0.3) is 5.91 Å². The van der Waals surface area contributed by atoms with Gasteiger partial charge < -0.3 is 15.4 Å². The Kier molecular flexibility index (Phi) is 6.76. The Morgan fingerprint density at radius 2 is 2.09 bits per heavy atom. The molecule has 2 atom stereocenters. The SMILES string of the molecule is Cc1cc(Cl)cc(-c2ncnc3cc(CN4C(=O)NC(C(C)C)C4=O)sc23)c1CC1CNCCO1. The number of halogens is 1. The monoisotopic (exact) mass is 513 g/mol. The van der Waals surface area contributed by atoms with Crippen molar-refractivity contribution < 1.29 is 14.3 Å². The smallest absolute Gasteiger partial charge is 0.325 e. The van der Waals surface area contributed by atoms with Crippen molar-refractivity contribution in [2.45, 2.75) is 45.9 Å². The van der Waals surface area contributed by atoms with E-state index in [1.807, 2.05) is 32.0 Å². The fraction of sp³-hybridized carbons (Fsp3) is 0.440. The summed E-state index contributed by atoms with van der Waals surface area (Å²) in [4.78, 5) is 36.5. The van der Waals surface area contributed by atoms with E-state index in [4.69, 9.17) is 16.3 Å². The van der Waals surface area contributed by atoms with Gasteiger partial charge in [0.05, 0.1) is 35.2 Å². The number of carbonyl (C=O) groups is 2. The molecule has 2 aromatic heterocycles. The predicted molar refractivity (Wildman–Crippen MR) is 137 cm³/mol. The second kappa shape index (κ2) is 9.81. The molecule has 2 unspecified atom stereocenters. The van der Waals surface area contributed by atoms with Crippen molar-refractivity contribution in [3.63, 3.8) is 0 Å². The molecule has 8 nitrogen and oxygen atoms in total. The molecule has 184 valence electrons. The summed E-state index contributed by atoms with van der Waals surface area (Å²) in [5, 5.41) is 6.82. The third kappa shape index (κ3) is 4.78. The molecule has 3 aromatic rings. The van der Waals surface area contributed by atoms with Gasteiger partial charge in [0.2, 0.25) is 0 Å². The predicted octanol–water partition coefficient (Wildman–Crippen LogP) is 3.93. The van der Waals surface area contributed by atoms with Crippen LogP contribution in [0.2, 0.25) is 5.02 Å². The summed E-state index contributed by atoms with van der Waals surface area (Å²) in [6, 6.07) is 5.01. The first kappa shape index (κ1) is 24.1. The first-order valence-corrected chi connectivity index (χ1v) is 13.0. The topological polar surface area (TPSA) is 96.5 Å². The highest BCUT2D eigenvalue weighted by molar-refractivity contribution is 7.19. The number of fused-ring (bicyclic) bond motifs is 1. The summed E-state index contributed by atoms with van der Waals surface area (Å²) in [5.74, 6) is -0.160. The number of nitrogens with zero attached hydrogens (tertiary/aromatic N) is 3. The lowest BCUT2D eigenvalue weighted by Crippen LogP contribution is -2.39. The number of thiophene rings is 1. The van der Waals surface area contributed by atoms with Crippen molar-refractivity contribution in [2.75, 3.05) is 19.7 Å². The number of hydrogen-bond acceptors (Lipinski definition) is 7. The van der Waals surface area contributed by atoms with Crippen LogP contribution in [0, 0.1) is 12.8 Å². The Hall–Kier alpha value is -2.59. The van der Waals surface area contributed by atoms with Gasteiger partial charge in [-0.15, -0.1) is 11.3 Å². The molecular formula is C25H28ClN5O3S. The molecule has 5 rings (SSSR count). The molecule has 1 aromatic carbocycles. The summed E-state index contributed by atoms with van der Waals surface area (Å²) in [5.41, 5.74) is 4.77. The average Bonchev–Trinajstić information content (AvgIpc) is 3.37. The molecule has 2 aliphatic rings. The van der Waals surface area contributed by atoms with E-state index in [1.54, 1.807) is 6.33 Å². The number of carbonyl (C=O) groups excluding carboxylic acids is 2. The number of urea groups is 1. The molecule has 0 aliphatic carbocycles. The second-order valence-electron chi connectivity index (χ2n) is 9.39. The zero-order valence-electron chi connectivity index (χ0n) is 19.9. The van der Waals surface area contributed by atoms with Crippen LogP contribution < -0.4 is 10.6 Å². The second-order valence-corrected chi connectivity index (χ2v) is 11.0. The number of morpholine rings is 1. The van der Waals surface area contributed by atoms with Crippen LogP contribution in [0.1, 0.15) is 29.9 Å². The van der Waals surface area contributed by atoms with Gasteiger partial charge in [0.1, 0.15) is 12.4 Å². The van der Waals surface area contributed by atoms with E-state index in [9.17, 15) is 9.59 Å². The van der Waals surface area contributed by atoms with Crippen molar-refractivity contribution in [3.8, 4) is 11.3 Å². The van der Waals surface area contributed by atoms with E-state index in [0.29, 0.717) is 11.6 Å². The third-order valence-electron chi connectivity index (χ3n) is 6.53. The number of ether oxygens (including phenoxy) is 1.